The highest BCUT2D eigenvalue weighted by atomic mass is 15.0. The first-order chi connectivity index (χ1) is 10.8. The lowest BCUT2D eigenvalue weighted by molar-refractivity contribution is 1.14. The maximum atomic E-state index is 4.87. The first-order valence-electron chi connectivity index (χ1n) is 7.50. The van der Waals surface area contributed by atoms with E-state index in [0.29, 0.717) is 0 Å². The monoisotopic (exact) mass is 282 g/mol. The van der Waals surface area contributed by atoms with E-state index in [9.17, 15) is 0 Å². The fourth-order valence-electron chi connectivity index (χ4n) is 3.42. The molecule has 0 aliphatic carbocycles. The predicted octanol–water partition coefficient (Wildman–Crippen LogP) is 5.10. The van der Waals surface area contributed by atoms with Crippen LogP contribution in [0.15, 0.2) is 66.7 Å². The van der Waals surface area contributed by atoms with Crippen molar-refractivity contribution in [3.8, 4) is 0 Å². The zero-order valence-corrected chi connectivity index (χ0v) is 12.2. The van der Waals surface area contributed by atoms with Gasteiger partial charge in [0, 0.05) is 11.1 Å². The second-order valence-electron chi connectivity index (χ2n) is 5.83. The summed E-state index contributed by atoms with van der Waals surface area (Å²) < 4.78 is 2.26. The molecule has 3 aromatic carbocycles. The quantitative estimate of drug-likeness (QED) is 0.361. The van der Waals surface area contributed by atoms with Gasteiger partial charge >= 0.3 is 0 Å². The van der Waals surface area contributed by atoms with E-state index in [2.05, 4.69) is 72.0 Å². The Morgan fingerprint density at radius 3 is 2.36 bits per heavy atom. The molecule has 2 nitrogen and oxygen atoms in total. The molecule has 0 amide bonds. The van der Waals surface area contributed by atoms with Crippen molar-refractivity contribution in [3.05, 3.63) is 72.4 Å². The number of pyridine rings is 1. The molecule has 0 N–H and O–H groups in total. The molecule has 0 saturated carbocycles. The molecule has 2 aromatic heterocycles. The molecule has 0 saturated heterocycles. The molecule has 0 unspecified atom stereocenters. The van der Waals surface area contributed by atoms with E-state index in [4.69, 9.17) is 4.98 Å². The molecule has 2 heterocycles. The topological polar surface area (TPSA) is 17.3 Å². The van der Waals surface area contributed by atoms with Gasteiger partial charge in [-0.15, -0.1) is 0 Å². The normalized spacial score (nSPS) is 11.9. The maximum Gasteiger partial charge on any atom is 0.146 e. The number of para-hydroxylation sites is 2. The summed E-state index contributed by atoms with van der Waals surface area (Å²) in [6.07, 6.45) is 0. The summed E-state index contributed by atoms with van der Waals surface area (Å²) in [5, 5.41) is 4.99. The minimum Gasteiger partial charge on any atom is -0.296 e. The number of fused-ring (bicyclic) bond motifs is 6. The third kappa shape index (κ3) is 1.47. The zero-order chi connectivity index (χ0) is 14.7. The lowest BCUT2D eigenvalue weighted by atomic mass is 10.0. The van der Waals surface area contributed by atoms with Gasteiger partial charge in [0.15, 0.2) is 0 Å². The van der Waals surface area contributed by atoms with Crippen LogP contribution in [0.5, 0.6) is 0 Å². The number of aromatic nitrogens is 2. The molecule has 2 heteroatoms. The van der Waals surface area contributed by atoms with Crippen molar-refractivity contribution in [2.24, 2.45) is 0 Å². The standard InChI is InChI=1S/C20H14N2/c1-13-10-16-11-14-6-2-3-7-15(14)12-17(16)20-21-18-8-4-5-9-19(18)22(13)20/h2-12H,1H3. The number of imidazole rings is 1. The number of rotatable bonds is 0. The smallest absolute Gasteiger partial charge is 0.146 e. The van der Waals surface area contributed by atoms with Crippen LogP contribution in [0, 0.1) is 6.92 Å². The minimum absolute atomic E-state index is 1.04. The summed E-state index contributed by atoms with van der Waals surface area (Å²) in [6.45, 7) is 2.15. The summed E-state index contributed by atoms with van der Waals surface area (Å²) in [4.78, 5) is 4.87. The molecule has 22 heavy (non-hydrogen) atoms. The number of hydrogen-bond acceptors (Lipinski definition) is 1. The third-order valence-corrected chi connectivity index (χ3v) is 4.44. The first kappa shape index (κ1) is 11.8. The molecular formula is C20H14N2. The molecule has 0 aliphatic rings. The summed E-state index contributed by atoms with van der Waals surface area (Å²) in [5.41, 5.74) is 4.48. The van der Waals surface area contributed by atoms with E-state index in [1.807, 2.05) is 6.07 Å². The van der Waals surface area contributed by atoms with Crippen molar-refractivity contribution in [1.29, 1.82) is 0 Å². The van der Waals surface area contributed by atoms with E-state index < -0.39 is 0 Å². The van der Waals surface area contributed by atoms with Gasteiger partial charge in [0.1, 0.15) is 5.65 Å². The van der Waals surface area contributed by atoms with Gasteiger partial charge in [-0.2, -0.15) is 0 Å². The fourth-order valence-corrected chi connectivity index (χ4v) is 3.42. The van der Waals surface area contributed by atoms with Crippen molar-refractivity contribution in [1.82, 2.24) is 9.38 Å². The number of nitrogens with zero attached hydrogens (tertiary/aromatic N) is 2. The Labute approximate surface area is 127 Å². The summed E-state index contributed by atoms with van der Waals surface area (Å²) >= 11 is 0. The lowest BCUT2D eigenvalue weighted by Gasteiger charge is -2.07. The van der Waals surface area contributed by atoms with E-state index in [1.165, 1.54) is 32.8 Å². The molecule has 0 spiro atoms. The Morgan fingerprint density at radius 2 is 1.50 bits per heavy atom. The van der Waals surface area contributed by atoms with Crippen molar-refractivity contribution >= 4 is 38.2 Å². The highest BCUT2D eigenvalue weighted by Crippen LogP contribution is 2.29. The van der Waals surface area contributed by atoms with Gasteiger partial charge in [0.2, 0.25) is 0 Å². The Bertz CT molecular complexity index is 1180. The van der Waals surface area contributed by atoms with E-state index in [0.717, 1.165) is 11.2 Å². The Hall–Kier alpha value is -2.87. The SMILES string of the molecule is Cc1cc2cc3ccccc3cc2c2nc3ccccc3n12. The van der Waals surface area contributed by atoms with Gasteiger partial charge in [-0.05, 0) is 53.4 Å². The van der Waals surface area contributed by atoms with Crippen molar-refractivity contribution in [2.45, 2.75) is 6.92 Å². The number of hydrogen-bond donors (Lipinski definition) is 0. The van der Waals surface area contributed by atoms with Crippen molar-refractivity contribution < 1.29 is 0 Å². The van der Waals surface area contributed by atoms with Crippen LogP contribution in [0.2, 0.25) is 0 Å². The first-order valence-corrected chi connectivity index (χ1v) is 7.50. The van der Waals surface area contributed by atoms with Crippen LogP contribution in [0.25, 0.3) is 38.2 Å². The Kier molecular flexibility index (Phi) is 2.18. The van der Waals surface area contributed by atoms with E-state index in [-0.39, 0.29) is 0 Å². The maximum absolute atomic E-state index is 4.87. The molecule has 0 fully saturated rings. The van der Waals surface area contributed by atoms with Gasteiger partial charge < -0.3 is 0 Å². The fraction of sp³-hybridized carbons (Fsp3) is 0.0500. The van der Waals surface area contributed by atoms with E-state index in [1.54, 1.807) is 0 Å². The average Bonchev–Trinajstić information content (AvgIpc) is 2.94. The van der Waals surface area contributed by atoms with E-state index >= 15 is 0 Å². The second kappa shape index (κ2) is 4.08. The highest BCUT2D eigenvalue weighted by molar-refractivity contribution is 6.05. The third-order valence-electron chi connectivity index (χ3n) is 4.44. The number of benzene rings is 3. The summed E-state index contributed by atoms with van der Waals surface area (Å²) in [6, 6.07) is 23.6. The van der Waals surface area contributed by atoms with Gasteiger partial charge in [0.25, 0.3) is 0 Å². The molecule has 104 valence electrons. The minimum atomic E-state index is 1.04. The van der Waals surface area contributed by atoms with Gasteiger partial charge in [0.05, 0.1) is 11.0 Å². The van der Waals surface area contributed by atoms with Crippen LogP contribution in [-0.4, -0.2) is 9.38 Å². The van der Waals surface area contributed by atoms with Crippen molar-refractivity contribution in [3.63, 3.8) is 0 Å². The van der Waals surface area contributed by atoms with Crippen LogP contribution in [0.1, 0.15) is 5.69 Å². The average molecular weight is 282 g/mol. The summed E-state index contributed by atoms with van der Waals surface area (Å²) in [5.74, 6) is 0. The van der Waals surface area contributed by atoms with Crippen LogP contribution >= 0.6 is 0 Å². The van der Waals surface area contributed by atoms with Gasteiger partial charge in [-0.3, -0.25) is 4.40 Å². The van der Waals surface area contributed by atoms with Gasteiger partial charge in [-0.25, -0.2) is 4.98 Å². The van der Waals surface area contributed by atoms with Crippen molar-refractivity contribution in [2.75, 3.05) is 0 Å². The van der Waals surface area contributed by atoms with Crippen LogP contribution < -0.4 is 0 Å². The van der Waals surface area contributed by atoms with Gasteiger partial charge in [-0.1, -0.05) is 36.4 Å². The molecule has 5 aromatic rings. The Balaban J connectivity index is 2.08. The predicted molar refractivity (Wildman–Crippen MR) is 92.4 cm³/mol. The second-order valence-corrected chi connectivity index (χ2v) is 5.83. The zero-order valence-electron chi connectivity index (χ0n) is 12.2. The largest absolute Gasteiger partial charge is 0.296 e. The van der Waals surface area contributed by atoms with Crippen LogP contribution in [0.3, 0.4) is 0 Å². The van der Waals surface area contributed by atoms with Crippen LogP contribution in [-0.2, 0) is 0 Å². The summed E-state index contributed by atoms with van der Waals surface area (Å²) in [7, 11) is 0. The molecule has 0 bridgehead atoms. The molecule has 0 atom stereocenters. The van der Waals surface area contributed by atoms with Crippen LogP contribution in [0.4, 0.5) is 0 Å². The molecular weight excluding hydrogens is 268 g/mol. The number of aryl methyl sites for hydroxylation is 1. The Morgan fingerprint density at radius 1 is 0.773 bits per heavy atom. The molecule has 0 radical (unpaired) electrons. The highest BCUT2D eigenvalue weighted by Gasteiger charge is 2.10. The molecule has 0 aliphatic heterocycles. The molecule has 5 rings (SSSR count). The lowest BCUT2D eigenvalue weighted by Crippen LogP contribution is -1.92.